The average molecular weight is 692 g/mol. The van der Waals surface area contributed by atoms with E-state index in [1.165, 1.54) is 24.3 Å². The number of aromatic carboxylic acids is 2. The number of benzene rings is 4. The summed E-state index contributed by atoms with van der Waals surface area (Å²) in [6.45, 7) is 8.72. The summed E-state index contributed by atoms with van der Waals surface area (Å²) < 4.78 is 2.15. The van der Waals surface area contributed by atoms with Crippen molar-refractivity contribution in [2.24, 2.45) is 5.92 Å². The Hall–Kier alpha value is -5.22. The molecule has 4 aromatic carbocycles. The highest BCUT2D eigenvalue weighted by Gasteiger charge is 2.21. The monoisotopic (exact) mass is 691 g/mol. The van der Waals surface area contributed by atoms with Crippen LogP contribution in [0.4, 0.5) is 0 Å². The van der Waals surface area contributed by atoms with Crippen molar-refractivity contribution in [3.05, 3.63) is 124 Å². The van der Waals surface area contributed by atoms with Crippen LogP contribution in [0.2, 0.25) is 0 Å². The van der Waals surface area contributed by atoms with Crippen molar-refractivity contribution in [3.63, 3.8) is 0 Å². The van der Waals surface area contributed by atoms with Crippen LogP contribution in [0.5, 0.6) is 0 Å². The van der Waals surface area contributed by atoms with Gasteiger partial charge in [-0.25, -0.2) is 14.6 Å². The van der Waals surface area contributed by atoms with Crippen molar-refractivity contribution in [3.8, 4) is 11.1 Å². The summed E-state index contributed by atoms with van der Waals surface area (Å²) in [4.78, 5) is 54.6. The minimum Gasteiger partial charge on any atom is -0.478 e. The molecule has 1 aromatic heterocycles. The van der Waals surface area contributed by atoms with E-state index in [0.29, 0.717) is 35.4 Å². The third kappa shape index (κ3) is 8.49. The molecule has 0 unspecified atom stereocenters. The van der Waals surface area contributed by atoms with E-state index in [4.69, 9.17) is 10.1 Å². The molecule has 0 spiro atoms. The Kier molecular flexibility index (Phi) is 11.5. The molecule has 0 aliphatic heterocycles. The maximum Gasteiger partial charge on any atom is 0.336 e. The standard InChI is InChI=1S/C40H41N3O6S/c1-5-8-35-42-36-25(4)20-30(37(44)41-31(19-24(2)3)23-50-40(49)29-17-15-28(16-18-29)38(45)46)21-34(36)43(35)22-26-11-13-27(14-12-26)32-9-6-7-10-33(32)39(47)48/h6-7,9-18,20-21,24,31H,5,8,19,22-23H2,1-4H3,(H,41,44)(H,45,46)(H,47,48)/t31-/m1/s1. The topological polar surface area (TPSA) is 139 Å². The predicted molar refractivity (Wildman–Crippen MR) is 197 cm³/mol. The third-order valence-electron chi connectivity index (χ3n) is 8.50. The first kappa shape index (κ1) is 36.1. The van der Waals surface area contributed by atoms with Gasteiger partial charge in [-0.3, -0.25) is 9.59 Å². The van der Waals surface area contributed by atoms with Gasteiger partial charge >= 0.3 is 11.9 Å². The number of imidazole rings is 1. The lowest BCUT2D eigenvalue weighted by molar-refractivity contribution is 0.0686. The number of aromatic nitrogens is 2. The van der Waals surface area contributed by atoms with Gasteiger partial charge in [0.1, 0.15) is 5.82 Å². The fourth-order valence-electron chi connectivity index (χ4n) is 6.07. The van der Waals surface area contributed by atoms with Crippen molar-refractivity contribution >= 4 is 45.8 Å². The molecule has 0 saturated carbocycles. The number of carboxylic acid groups (broad SMARTS) is 2. The van der Waals surface area contributed by atoms with Gasteiger partial charge in [0.15, 0.2) is 0 Å². The summed E-state index contributed by atoms with van der Waals surface area (Å²) in [5.41, 5.74) is 6.36. The fourth-order valence-corrected chi connectivity index (χ4v) is 6.95. The van der Waals surface area contributed by atoms with Crippen molar-refractivity contribution in [2.45, 2.75) is 59.5 Å². The minimum atomic E-state index is -1.05. The largest absolute Gasteiger partial charge is 0.478 e. The summed E-state index contributed by atoms with van der Waals surface area (Å²) in [5, 5.41) is 21.8. The van der Waals surface area contributed by atoms with Crippen LogP contribution < -0.4 is 5.32 Å². The molecule has 10 heteroatoms. The Morgan fingerprint density at radius 1 is 0.860 bits per heavy atom. The van der Waals surface area contributed by atoms with E-state index in [9.17, 15) is 24.3 Å². The number of aryl methyl sites for hydroxylation is 2. The molecule has 9 nitrogen and oxygen atoms in total. The molecule has 5 aromatic rings. The Balaban J connectivity index is 1.37. The number of thioether (sulfide) groups is 1. The number of hydrogen-bond acceptors (Lipinski definition) is 6. The van der Waals surface area contributed by atoms with Gasteiger partial charge in [0.2, 0.25) is 5.12 Å². The Morgan fingerprint density at radius 3 is 2.18 bits per heavy atom. The number of nitrogens with zero attached hydrogens (tertiary/aromatic N) is 2. The molecule has 3 N–H and O–H groups in total. The lowest BCUT2D eigenvalue weighted by Crippen LogP contribution is -2.38. The molecule has 258 valence electrons. The second-order valence-corrected chi connectivity index (χ2v) is 13.8. The van der Waals surface area contributed by atoms with Crippen LogP contribution in [0.15, 0.2) is 84.9 Å². The van der Waals surface area contributed by atoms with E-state index in [1.54, 1.807) is 18.2 Å². The fraction of sp³-hybridized carbons (Fsp3) is 0.275. The molecule has 0 radical (unpaired) electrons. The normalized spacial score (nSPS) is 11.9. The van der Waals surface area contributed by atoms with Crippen molar-refractivity contribution in [1.82, 2.24) is 14.9 Å². The van der Waals surface area contributed by atoms with Crippen molar-refractivity contribution in [2.75, 3.05) is 5.75 Å². The van der Waals surface area contributed by atoms with Gasteiger partial charge in [0.05, 0.1) is 22.2 Å². The zero-order valence-corrected chi connectivity index (χ0v) is 29.4. The van der Waals surface area contributed by atoms with Gasteiger partial charge in [-0.15, -0.1) is 0 Å². The summed E-state index contributed by atoms with van der Waals surface area (Å²) in [7, 11) is 0. The first-order chi connectivity index (χ1) is 23.9. The molecule has 0 aliphatic rings. The van der Waals surface area contributed by atoms with E-state index in [1.807, 2.05) is 49.4 Å². The first-order valence-electron chi connectivity index (χ1n) is 16.7. The number of rotatable bonds is 14. The second kappa shape index (κ2) is 16.0. The van der Waals surface area contributed by atoms with E-state index < -0.39 is 11.9 Å². The van der Waals surface area contributed by atoms with E-state index in [0.717, 1.165) is 58.2 Å². The highest BCUT2D eigenvalue weighted by Crippen LogP contribution is 2.27. The molecule has 0 saturated heterocycles. The van der Waals surface area contributed by atoms with E-state index in [2.05, 4.69) is 30.7 Å². The number of amides is 1. The third-order valence-corrected chi connectivity index (χ3v) is 9.56. The zero-order chi connectivity index (χ0) is 35.9. The van der Waals surface area contributed by atoms with Crippen molar-refractivity contribution < 1.29 is 29.4 Å². The maximum absolute atomic E-state index is 13.8. The zero-order valence-electron chi connectivity index (χ0n) is 28.6. The number of fused-ring (bicyclic) bond motifs is 1. The smallest absolute Gasteiger partial charge is 0.336 e. The van der Waals surface area contributed by atoms with Gasteiger partial charge in [0.25, 0.3) is 5.91 Å². The number of hydrogen-bond donors (Lipinski definition) is 3. The maximum atomic E-state index is 13.8. The van der Waals surface area contributed by atoms with E-state index in [-0.39, 0.29) is 34.1 Å². The van der Waals surface area contributed by atoms with Crippen LogP contribution in [-0.2, 0) is 13.0 Å². The highest BCUT2D eigenvalue weighted by molar-refractivity contribution is 8.14. The lowest BCUT2D eigenvalue weighted by Gasteiger charge is -2.20. The van der Waals surface area contributed by atoms with Crippen LogP contribution in [0.1, 0.15) is 92.0 Å². The molecule has 0 fully saturated rings. The molecule has 0 bridgehead atoms. The Morgan fingerprint density at radius 2 is 1.54 bits per heavy atom. The first-order valence-corrected chi connectivity index (χ1v) is 17.7. The molecule has 1 heterocycles. The SMILES string of the molecule is CCCc1nc2c(C)cc(C(=O)N[C@@H](CSC(=O)c3ccc(C(=O)O)cc3)CC(C)C)cc2n1Cc1ccc(-c2ccccc2C(=O)O)cc1. The van der Waals surface area contributed by atoms with Crippen LogP contribution in [-0.4, -0.2) is 54.5 Å². The predicted octanol–water partition coefficient (Wildman–Crippen LogP) is 8.13. The molecule has 5 rings (SSSR count). The van der Waals surface area contributed by atoms with Crippen LogP contribution in [0.25, 0.3) is 22.2 Å². The van der Waals surface area contributed by atoms with Gasteiger partial charge < -0.3 is 20.1 Å². The van der Waals surface area contributed by atoms with E-state index >= 15 is 0 Å². The minimum absolute atomic E-state index is 0.115. The molecular weight excluding hydrogens is 651 g/mol. The quantitative estimate of drug-likeness (QED) is 0.106. The van der Waals surface area contributed by atoms with Gasteiger partial charge in [0, 0.05) is 35.9 Å². The number of carboxylic acids is 2. The average Bonchev–Trinajstić information content (AvgIpc) is 3.44. The molecule has 1 atom stereocenters. The number of carbonyl (C=O) groups is 4. The number of nitrogens with one attached hydrogen (secondary N) is 1. The second-order valence-electron chi connectivity index (χ2n) is 12.9. The molecule has 50 heavy (non-hydrogen) atoms. The summed E-state index contributed by atoms with van der Waals surface area (Å²) >= 11 is 1.11. The number of carbonyl (C=O) groups excluding carboxylic acids is 2. The molecular formula is C40H41N3O6S. The van der Waals surface area contributed by atoms with Gasteiger partial charge in [-0.1, -0.05) is 75.0 Å². The summed E-state index contributed by atoms with van der Waals surface area (Å²) in [5.74, 6) is -0.683. The Labute approximate surface area is 295 Å². The van der Waals surface area contributed by atoms with Gasteiger partial charge in [-0.05, 0) is 90.4 Å². The molecule has 1 amide bonds. The summed E-state index contributed by atoms with van der Waals surface area (Å²) in [6, 6.07) is 24.1. The van der Waals surface area contributed by atoms with Crippen LogP contribution in [0, 0.1) is 12.8 Å². The van der Waals surface area contributed by atoms with Gasteiger partial charge in [-0.2, -0.15) is 0 Å². The lowest BCUT2D eigenvalue weighted by atomic mass is 9.98. The van der Waals surface area contributed by atoms with Crippen molar-refractivity contribution in [1.29, 1.82) is 0 Å². The Bertz CT molecular complexity index is 2030. The highest BCUT2D eigenvalue weighted by atomic mass is 32.2. The van der Waals surface area contributed by atoms with Crippen LogP contribution in [0.3, 0.4) is 0 Å². The summed E-state index contributed by atoms with van der Waals surface area (Å²) in [6.07, 6.45) is 2.34. The molecule has 0 aliphatic carbocycles. The van der Waals surface area contributed by atoms with Crippen LogP contribution >= 0.6 is 11.8 Å².